The summed E-state index contributed by atoms with van der Waals surface area (Å²) in [4.78, 5) is 12.2. The van der Waals surface area contributed by atoms with Crippen LogP contribution in [0.3, 0.4) is 0 Å². The number of halogens is 1. The number of nitrogens with one attached hydrogen (secondary N) is 1. The van der Waals surface area contributed by atoms with Crippen LogP contribution in [-0.2, 0) is 13.5 Å². The van der Waals surface area contributed by atoms with Crippen molar-refractivity contribution in [2.45, 2.75) is 20.3 Å². The van der Waals surface area contributed by atoms with E-state index in [9.17, 15) is 4.79 Å². The minimum absolute atomic E-state index is 0.152. The molecule has 1 heterocycles. The van der Waals surface area contributed by atoms with Crippen molar-refractivity contribution in [3.63, 3.8) is 0 Å². The minimum Gasteiger partial charge on any atom is -0.320 e. The summed E-state index contributed by atoms with van der Waals surface area (Å²) in [7, 11) is 1.78. The first kappa shape index (κ1) is 13.8. The third-order valence-corrected chi connectivity index (χ3v) is 3.59. The first-order valence-electron chi connectivity index (χ1n) is 6.11. The molecule has 0 atom stereocenters. The first-order valence-corrected chi connectivity index (χ1v) is 6.91. The van der Waals surface area contributed by atoms with Crippen LogP contribution >= 0.6 is 15.9 Å². The van der Waals surface area contributed by atoms with Crippen molar-refractivity contribution in [1.82, 2.24) is 9.78 Å². The van der Waals surface area contributed by atoms with Crippen molar-refractivity contribution in [3.8, 4) is 0 Å². The molecule has 4 nitrogen and oxygen atoms in total. The van der Waals surface area contributed by atoms with Gasteiger partial charge in [-0.3, -0.25) is 9.48 Å². The van der Waals surface area contributed by atoms with Gasteiger partial charge in [0.15, 0.2) is 0 Å². The summed E-state index contributed by atoms with van der Waals surface area (Å²) in [5.41, 5.74) is 3.34. The molecular weight excluding hydrogens is 306 g/mol. The Bertz CT molecular complexity index is 619. The highest BCUT2D eigenvalue weighted by Gasteiger charge is 2.14. The highest BCUT2D eigenvalue weighted by molar-refractivity contribution is 9.10. The second-order valence-electron chi connectivity index (χ2n) is 4.44. The van der Waals surface area contributed by atoms with Crippen LogP contribution in [0.15, 0.2) is 28.7 Å². The molecule has 0 aliphatic heterocycles. The zero-order valence-corrected chi connectivity index (χ0v) is 12.8. The number of nitrogens with zero attached hydrogens (tertiary/aromatic N) is 2. The summed E-state index contributed by atoms with van der Waals surface area (Å²) in [5.74, 6) is -0.152. The number of anilines is 1. The molecule has 0 unspecified atom stereocenters. The quantitative estimate of drug-likeness (QED) is 0.942. The number of carbonyl (C=O) groups is 1. The fraction of sp³-hybridized carbons (Fsp3) is 0.286. The van der Waals surface area contributed by atoms with Crippen LogP contribution in [0.25, 0.3) is 0 Å². The van der Waals surface area contributed by atoms with Crippen molar-refractivity contribution in [2.24, 2.45) is 7.05 Å². The van der Waals surface area contributed by atoms with Crippen molar-refractivity contribution in [3.05, 3.63) is 45.7 Å². The van der Waals surface area contributed by atoms with Gasteiger partial charge >= 0.3 is 0 Å². The van der Waals surface area contributed by atoms with Crippen LogP contribution in [0, 0.1) is 6.92 Å². The van der Waals surface area contributed by atoms with E-state index in [-0.39, 0.29) is 5.91 Å². The van der Waals surface area contributed by atoms with Gasteiger partial charge in [0.25, 0.3) is 5.91 Å². The molecule has 1 aromatic heterocycles. The van der Waals surface area contributed by atoms with Gasteiger partial charge in [-0.2, -0.15) is 5.10 Å². The average molecular weight is 322 g/mol. The lowest BCUT2D eigenvalue weighted by Gasteiger charge is -2.08. The molecule has 2 aromatic rings. The van der Waals surface area contributed by atoms with Gasteiger partial charge in [-0.1, -0.05) is 13.0 Å². The van der Waals surface area contributed by atoms with Crippen molar-refractivity contribution >= 4 is 27.5 Å². The Labute approximate surface area is 120 Å². The van der Waals surface area contributed by atoms with Crippen molar-refractivity contribution in [2.75, 3.05) is 5.32 Å². The van der Waals surface area contributed by atoms with Gasteiger partial charge in [0.2, 0.25) is 0 Å². The SMILES string of the molecule is CCc1cc(C(=O)Nc2cc(C)ccc2Br)n(C)n1. The van der Waals surface area contributed by atoms with Gasteiger partial charge in [0, 0.05) is 11.5 Å². The summed E-state index contributed by atoms with van der Waals surface area (Å²) in [6, 6.07) is 7.66. The van der Waals surface area contributed by atoms with Crippen LogP contribution in [0.2, 0.25) is 0 Å². The molecule has 1 aromatic carbocycles. The number of aryl methyl sites for hydroxylation is 3. The first-order chi connectivity index (χ1) is 9.01. The molecule has 0 aliphatic rings. The molecule has 5 heteroatoms. The number of benzene rings is 1. The van der Waals surface area contributed by atoms with E-state index in [0.29, 0.717) is 5.69 Å². The van der Waals surface area contributed by atoms with E-state index in [0.717, 1.165) is 27.8 Å². The van der Waals surface area contributed by atoms with Gasteiger partial charge in [0.1, 0.15) is 5.69 Å². The molecule has 0 spiro atoms. The Kier molecular flexibility index (Phi) is 4.04. The van der Waals surface area contributed by atoms with Crippen LogP contribution in [-0.4, -0.2) is 15.7 Å². The summed E-state index contributed by atoms with van der Waals surface area (Å²) in [6.07, 6.45) is 0.815. The minimum atomic E-state index is -0.152. The molecule has 2 rings (SSSR count). The van der Waals surface area contributed by atoms with Crippen LogP contribution in [0.1, 0.15) is 28.7 Å². The predicted octanol–water partition coefficient (Wildman–Crippen LogP) is 3.31. The molecule has 0 saturated heterocycles. The molecule has 0 aliphatic carbocycles. The molecule has 0 bridgehead atoms. The van der Waals surface area contributed by atoms with E-state index in [2.05, 4.69) is 26.3 Å². The topological polar surface area (TPSA) is 46.9 Å². The normalized spacial score (nSPS) is 10.5. The monoisotopic (exact) mass is 321 g/mol. The fourth-order valence-corrected chi connectivity index (χ4v) is 2.18. The van der Waals surface area contributed by atoms with Gasteiger partial charge in [-0.15, -0.1) is 0 Å². The average Bonchev–Trinajstić information content (AvgIpc) is 2.75. The second-order valence-corrected chi connectivity index (χ2v) is 5.29. The van der Waals surface area contributed by atoms with Gasteiger partial charge < -0.3 is 5.32 Å². The van der Waals surface area contributed by atoms with Gasteiger partial charge in [-0.25, -0.2) is 0 Å². The Morgan fingerprint density at radius 3 is 2.79 bits per heavy atom. The Morgan fingerprint density at radius 2 is 2.16 bits per heavy atom. The number of hydrogen-bond donors (Lipinski definition) is 1. The number of rotatable bonds is 3. The Balaban J connectivity index is 2.25. The van der Waals surface area contributed by atoms with E-state index in [1.807, 2.05) is 38.1 Å². The Hall–Kier alpha value is -1.62. The summed E-state index contributed by atoms with van der Waals surface area (Å²) >= 11 is 3.43. The van der Waals surface area contributed by atoms with E-state index in [4.69, 9.17) is 0 Å². The Morgan fingerprint density at radius 1 is 1.42 bits per heavy atom. The third-order valence-electron chi connectivity index (χ3n) is 2.90. The standard InChI is InChI=1S/C14H16BrN3O/c1-4-10-8-13(18(3)17-10)14(19)16-12-7-9(2)5-6-11(12)15/h5-8H,4H2,1-3H3,(H,16,19). The zero-order valence-electron chi connectivity index (χ0n) is 11.2. The molecule has 1 N–H and O–H groups in total. The number of aromatic nitrogens is 2. The summed E-state index contributed by atoms with van der Waals surface area (Å²) < 4.78 is 2.47. The molecule has 1 amide bonds. The van der Waals surface area contributed by atoms with Crippen molar-refractivity contribution in [1.29, 1.82) is 0 Å². The fourth-order valence-electron chi connectivity index (χ4n) is 1.83. The van der Waals surface area contributed by atoms with Crippen molar-refractivity contribution < 1.29 is 4.79 Å². The lowest BCUT2D eigenvalue weighted by atomic mass is 10.2. The third kappa shape index (κ3) is 3.04. The summed E-state index contributed by atoms with van der Waals surface area (Å²) in [5, 5.41) is 7.17. The van der Waals surface area contributed by atoms with Gasteiger partial charge in [-0.05, 0) is 53.0 Å². The smallest absolute Gasteiger partial charge is 0.273 e. The highest BCUT2D eigenvalue weighted by atomic mass is 79.9. The van der Waals surface area contributed by atoms with Crippen LogP contribution in [0.4, 0.5) is 5.69 Å². The van der Waals surface area contributed by atoms with E-state index >= 15 is 0 Å². The lowest BCUT2D eigenvalue weighted by Crippen LogP contribution is -2.16. The number of amides is 1. The van der Waals surface area contributed by atoms with E-state index < -0.39 is 0 Å². The number of hydrogen-bond acceptors (Lipinski definition) is 2. The second kappa shape index (κ2) is 5.57. The van der Waals surface area contributed by atoms with Crippen LogP contribution in [0.5, 0.6) is 0 Å². The maximum Gasteiger partial charge on any atom is 0.273 e. The van der Waals surface area contributed by atoms with Gasteiger partial charge in [0.05, 0.1) is 11.4 Å². The lowest BCUT2D eigenvalue weighted by molar-refractivity contribution is 0.101. The highest BCUT2D eigenvalue weighted by Crippen LogP contribution is 2.24. The van der Waals surface area contributed by atoms with E-state index in [1.54, 1.807) is 11.7 Å². The molecule has 0 fully saturated rings. The van der Waals surface area contributed by atoms with Crippen LogP contribution < -0.4 is 5.32 Å². The summed E-state index contributed by atoms with van der Waals surface area (Å²) in [6.45, 7) is 4.00. The molecule has 0 saturated carbocycles. The molecule has 0 radical (unpaired) electrons. The molecular formula is C14H16BrN3O. The van der Waals surface area contributed by atoms with E-state index in [1.165, 1.54) is 0 Å². The zero-order chi connectivity index (χ0) is 14.0. The number of carbonyl (C=O) groups excluding carboxylic acids is 1. The maximum absolute atomic E-state index is 12.2. The molecule has 19 heavy (non-hydrogen) atoms. The molecule has 100 valence electrons. The largest absolute Gasteiger partial charge is 0.320 e. The predicted molar refractivity (Wildman–Crippen MR) is 79.4 cm³/mol. The maximum atomic E-state index is 12.2.